The Morgan fingerprint density at radius 1 is 0.667 bits per heavy atom. The summed E-state index contributed by atoms with van der Waals surface area (Å²) in [5.74, 6) is -5.26. The third-order valence-corrected chi connectivity index (χ3v) is 9.85. The summed E-state index contributed by atoms with van der Waals surface area (Å²) in [5, 5.41) is 25.4. The van der Waals surface area contributed by atoms with E-state index in [4.69, 9.17) is 0 Å². The van der Waals surface area contributed by atoms with Crippen LogP contribution in [0.2, 0.25) is 5.32 Å². The fraction of sp³-hybridized carbons (Fsp3) is 0.472. The van der Waals surface area contributed by atoms with Crippen molar-refractivity contribution in [3.05, 3.63) is 66.2 Å². The molecule has 0 fully saturated rings. The molecule has 7 N–H and O–H groups in total. The van der Waals surface area contributed by atoms with Crippen molar-refractivity contribution in [1.82, 2.24) is 31.9 Å². The number of hydrogen-bond donors (Lipinski definition) is 7. The summed E-state index contributed by atoms with van der Waals surface area (Å²) in [5.41, 5.74) is 0.747. The van der Waals surface area contributed by atoms with Gasteiger partial charge in [0.25, 0.3) is 0 Å². The second kappa shape index (κ2) is 21.5. The molecule has 14 nitrogen and oxygen atoms in total. The van der Waals surface area contributed by atoms with Crippen molar-refractivity contribution >= 4 is 60.8 Å². The number of nitrogens with one attached hydrogen (secondary N) is 6. The number of carboxylic acid groups (broad SMARTS) is 1. The summed E-state index contributed by atoms with van der Waals surface area (Å²) in [4.78, 5) is 89.3. The van der Waals surface area contributed by atoms with E-state index in [1.807, 2.05) is 44.2 Å². The van der Waals surface area contributed by atoms with Crippen LogP contribution in [0.3, 0.4) is 0 Å². The Morgan fingerprint density at radius 3 is 1.78 bits per heavy atom. The fourth-order valence-electron chi connectivity index (χ4n) is 4.88. The number of hydrogen-bond acceptors (Lipinski definition) is 7. The average molecular weight is 774 g/mol. The molecule has 2 rings (SSSR count). The summed E-state index contributed by atoms with van der Waals surface area (Å²) in [6.07, 6.45) is 0.309. The Balaban J connectivity index is 2.14. The van der Waals surface area contributed by atoms with Gasteiger partial charge in [-0.1, -0.05) is 30.3 Å². The van der Waals surface area contributed by atoms with Crippen molar-refractivity contribution in [1.29, 1.82) is 0 Å². The number of benzene rings is 2. The van der Waals surface area contributed by atoms with Crippen LogP contribution in [-0.2, 0) is 40.0 Å². The van der Waals surface area contributed by atoms with Crippen molar-refractivity contribution in [3.63, 3.8) is 0 Å². The molecule has 2 aromatic rings. The van der Waals surface area contributed by atoms with Crippen LogP contribution in [0, 0.1) is 11.8 Å². The molecule has 2 aromatic carbocycles. The Bertz CT molecular complexity index is 1490. The first kappa shape index (κ1) is 42.4. The second-order valence-corrected chi connectivity index (χ2v) is 15.2. The van der Waals surface area contributed by atoms with E-state index in [0.717, 1.165) is 10.0 Å². The van der Waals surface area contributed by atoms with Gasteiger partial charge >= 0.3 is 223 Å². The maximum atomic E-state index is 13.6. The molecule has 0 radical (unpaired) electrons. The Kier molecular flexibility index (Phi) is 17.9. The van der Waals surface area contributed by atoms with Gasteiger partial charge in [0, 0.05) is 6.92 Å². The first-order valence-electron chi connectivity index (χ1n) is 16.8. The van der Waals surface area contributed by atoms with Gasteiger partial charge in [-0.25, -0.2) is 0 Å². The Morgan fingerprint density at radius 2 is 1.24 bits per heavy atom. The van der Waals surface area contributed by atoms with E-state index in [2.05, 4.69) is 31.9 Å². The van der Waals surface area contributed by atoms with Crippen LogP contribution in [0.25, 0.3) is 0 Å². The summed E-state index contributed by atoms with van der Waals surface area (Å²) in [6.45, 7) is 9.32. The van der Waals surface area contributed by atoms with Gasteiger partial charge < -0.3 is 5.32 Å². The number of aliphatic carboxylic acids is 1. The minimum atomic E-state index is -1.18. The topological polar surface area (TPSA) is 212 Å². The second-order valence-electron chi connectivity index (χ2n) is 12.9. The van der Waals surface area contributed by atoms with Crippen LogP contribution >= 0.6 is 0 Å². The van der Waals surface area contributed by atoms with Gasteiger partial charge in [-0.05, 0) is 12.5 Å². The molecular formula is C36H50N6O8Se. The standard InChI is InChI=1S/C36H50N6O8Se/c1-21(2)17-28(36(49)50)40-34(47)29(20-51-26-15-11-8-12-16-26)41-35(48)31(22(3)4)42-30(44)19-37-33(46)27(18-25-13-9-7-10-14-25)39-32(45)23(5)38-24(6)43/h7-16,21-23,27-29,31H,17-20H2,1-6H3,(H,37,46)(H,38,43)(H,39,45)(H,40,47)(H,41,48)(H,42,44)(H,49,50)/t23-,27-,28-,29-,31-/m0/s1. The van der Waals surface area contributed by atoms with Crippen LogP contribution in [-0.4, -0.2) is 98.2 Å². The molecule has 51 heavy (non-hydrogen) atoms. The van der Waals surface area contributed by atoms with Gasteiger partial charge in [-0.2, -0.15) is 0 Å². The van der Waals surface area contributed by atoms with Crippen LogP contribution in [0.1, 0.15) is 53.5 Å². The molecule has 0 saturated heterocycles. The fourth-order valence-corrected chi connectivity index (χ4v) is 6.86. The maximum absolute atomic E-state index is 13.6. The molecule has 5 atom stereocenters. The first-order valence-corrected chi connectivity index (χ1v) is 18.8. The van der Waals surface area contributed by atoms with Crippen molar-refractivity contribution < 1.29 is 38.7 Å². The molecule has 0 aromatic heterocycles. The van der Waals surface area contributed by atoms with E-state index >= 15 is 0 Å². The number of amides is 6. The Hall–Kier alpha value is -4.75. The predicted molar refractivity (Wildman–Crippen MR) is 193 cm³/mol. The molecule has 6 amide bonds. The number of carbonyl (C=O) groups is 7. The van der Waals surface area contributed by atoms with E-state index in [9.17, 15) is 38.7 Å². The van der Waals surface area contributed by atoms with Crippen LogP contribution in [0.4, 0.5) is 0 Å². The number of carbonyl (C=O) groups excluding carboxylic acids is 6. The van der Waals surface area contributed by atoms with Crippen molar-refractivity contribution in [2.45, 2.75) is 89.9 Å². The zero-order valence-electron chi connectivity index (χ0n) is 29.9. The monoisotopic (exact) mass is 774 g/mol. The zero-order chi connectivity index (χ0) is 38.1. The first-order chi connectivity index (χ1) is 24.1. The average Bonchev–Trinajstić information content (AvgIpc) is 3.07. The van der Waals surface area contributed by atoms with E-state index < -0.39 is 84.1 Å². The summed E-state index contributed by atoms with van der Waals surface area (Å²) >= 11 is -0.250. The summed E-state index contributed by atoms with van der Waals surface area (Å²) in [6, 6.07) is 13.0. The molecule has 15 heteroatoms. The normalized spacial score (nSPS) is 13.9. The van der Waals surface area contributed by atoms with Gasteiger partial charge in [0.15, 0.2) is 0 Å². The van der Waals surface area contributed by atoms with Gasteiger partial charge in [0.05, 0.1) is 0 Å². The minimum absolute atomic E-state index is 0.00816. The molecule has 0 bridgehead atoms. The van der Waals surface area contributed by atoms with E-state index in [-0.39, 0.29) is 39.0 Å². The molecule has 0 aliphatic carbocycles. The summed E-state index contributed by atoms with van der Waals surface area (Å²) in [7, 11) is 0. The molecule has 0 saturated carbocycles. The van der Waals surface area contributed by atoms with Gasteiger partial charge in [0.2, 0.25) is 11.8 Å². The molecule has 0 aliphatic rings. The molecule has 278 valence electrons. The van der Waals surface area contributed by atoms with Crippen molar-refractivity contribution in [3.8, 4) is 0 Å². The number of rotatable bonds is 20. The summed E-state index contributed by atoms with van der Waals surface area (Å²) < 4.78 is 0.977. The van der Waals surface area contributed by atoms with Gasteiger partial charge in [0.1, 0.15) is 6.04 Å². The number of carboxylic acids is 1. The third kappa shape index (κ3) is 15.8. The molecular weight excluding hydrogens is 723 g/mol. The van der Waals surface area contributed by atoms with E-state index in [0.29, 0.717) is 0 Å². The molecule has 0 unspecified atom stereocenters. The van der Waals surface area contributed by atoms with Crippen LogP contribution in [0.5, 0.6) is 0 Å². The quantitative estimate of drug-likeness (QED) is 0.0912. The van der Waals surface area contributed by atoms with Crippen LogP contribution in [0.15, 0.2) is 60.7 Å². The van der Waals surface area contributed by atoms with Crippen molar-refractivity contribution in [2.24, 2.45) is 11.8 Å². The predicted octanol–water partition coefficient (Wildman–Crippen LogP) is 0.0438. The molecule has 0 spiro atoms. The van der Waals surface area contributed by atoms with Gasteiger partial charge in [-0.15, -0.1) is 0 Å². The Labute approximate surface area is 305 Å². The van der Waals surface area contributed by atoms with E-state index in [1.54, 1.807) is 44.2 Å². The zero-order valence-corrected chi connectivity index (χ0v) is 31.6. The SMILES string of the molecule is CC(=O)N[C@@H](C)C(=O)N[C@@H](Cc1ccccc1)C(=O)NCC(=O)N[C@H](C(=O)N[C@@H](C[Se]c1ccccc1)C(=O)N[C@@H](CC(C)C)C(=O)O)C(C)C. The van der Waals surface area contributed by atoms with E-state index in [1.165, 1.54) is 13.8 Å². The van der Waals surface area contributed by atoms with Crippen LogP contribution < -0.4 is 36.4 Å². The molecule has 0 heterocycles. The third-order valence-electron chi connectivity index (χ3n) is 7.53. The van der Waals surface area contributed by atoms with Gasteiger partial charge in [-0.3, -0.25) is 9.59 Å². The van der Waals surface area contributed by atoms with Crippen molar-refractivity contribution in [2.75, 3.05) is 6.54 Å². The molecule has 0 aliphatic heterocycles.